The molecule has 0 aliphatic rings. The van der Waals surface area contributed by atoms with Gasteiger partial charge < -0.3 is 5.32 Å². The third-order valence-corrected chi connectivity index (χ3v) is 3.18. The number of aryl methyl sites for hydroxylation is 2. The molecule has 0 aliphatic heterocycles. The zero-order chi connectivity index (χ0) is 14.8. The fourth-order valence-electron chi connectivity index (χ4n) is 1.86. The van der Waals surface area contributed by atoms with Crippen molar-refractivity contribution in [2.45, 2.75) is 26.6 Å². The molecule has 2 nitrogen and oxygen atoms in total. The van der Waals surface area contributed by atoms with Gasteiger partial charge in [-0.3, -0.25) is 4.98 Å². The van der Waals surface area contributed by atoms with E-state index in [4.69, 9.17) is 0 Å². The summed E-state index contributed by atoms with van der Waals surface area (Å²) in [6.07, 6.45) is -0.923. The highest BCUT2D eigenvalue weighted by Crippen LogP contribution is 2.32. The van der Waals surface area contributed by atoms with E-state index in [1.54, 1.807) is 19.3 Å². The highest BCUT2D eigenvalue weighted by Gasteiger charge is 2.30. The molecule has 5 heteroatoms. The van der Waals surface area contributed by atoms with Gasteiger partial charge in [-0.1, -0.05) is 6.07 Å². The van der Waals surface area contributed by atoms with Crippen LogP contribution in [0.25, 0.3) is 0 Å². The number of aromatic nitrogens is 1. The van der Waals surface area contributed by atoms with Gasteiger partial charge in [0, 0.05) is 24.6 Å². The maximum Gasteiger partial charge on any atom is 0.416 e. The van der Waals surface area contributed by atoms with Crippen LogP contribution in [-0.2, 0) is 12.7 Å². The van der Waals surface area contributed by atoms with E-state index in [1.807, 2.05) is 13.0 Å². The fraction of sp³-hybridized carbons (Fsp3) is 0.267. The Morgan fingerprint density at radius 3 is 2.50 bits per heavy atom. The van der Waals surface area contributed by atoms with Crippen LogP contribution in [0.3, 0.4) is 0 Å². The Hall–Kier alpha value is -2.04. The highest BCUT2D eigenvalue weighted by atomic mass is 19.4. The van der Waals surface area contributed by atoms with E-state index in [2.05, 4.69) is 10.3 Å². The predicted molar refractivity (Wildman–Crippen MR) is 72.5 cm³/mol. The lowest BCUT2D eigenvalue weighted by Crippen LogP contribution is -2.08. The minimum Gasteiger partial charge on any atom is -0.381 e. The SMILES string of the molecule is Cc1ccncc1CNc1cc(C(F)(F)F)ccc1C. The second-order valence-corrected chi connectivity index (χ2v) is 4.68. The number of hydrogen-bond acceptors (Lipinski definition) is 2. The van der Waals surface area contributed by atoms with Crippen LogP contribution < -0.4 is 5.32 Å². The Morgan fingerprint density at radius 2 is 1.85 bits per heavy atom. The van der Waals surface area contributed by atoms with E-state index in [0.29, 0.717) is 12.2 Å². The van der Waals surface area contributed by atoms with E-state index in [9.17, 15) is 13.2 Å². The number of nitrogens with zero attached hydrogens (tertiary/aromatic N) is 1. The minimum absolute atomic E-state index is 0.446. The van der Waals surface area contributed by atoms with Crippen LogP contribution in [0.5, 0.6) is 0 Å². The van der Waals surface area contributed by atoms with Gasteiger partial charge in [0.25, 0.3) is 0 Å². The number of hydrogen-bond donors (Lipinski definition) is 1. The molecule has 1 aromatic carbocycles. The van der Waals surface area contributed by atoms with Crippen molar-refractivity contribution >= 4 is 5.69 Å². The van der Waals surface area contributed by atoms with Gasteiger partial charge in [0.1, 0.15) is 0 Å². The summed E-state index contributed by atoms with van der Waals surface area (Å²) >= 11 is 0. The molecule has 1 N–H and O–H groups in total. The fourth-order valence-corrected chi connectivity index (χ4v) is 1.86. The summed E-state index contributed by atoms with van der Waals surface area (Å²) < 4.78 is 38.1. The van der Waals surface area contributed by atoms with Gasteiger partial charge in [-0.15, -0.1) is 0 Å². The summed E-state index contributed by atoms with van der Waals surface area (Å²) in [7, 11) is 0. The lowest BCUT2D eigenvalue weighted by molar-refractivity contribution is -0.137. The first-order valence-corrected chi connectivity index (χ1v) is 6.19. The van der Waals surface area contributed by atoms with Crippen LogP contribution in [0, 0.1) is 13.8 Å². The van der Waals surface area contributed by atoms with Gasteiger partial charge in [0.05, 0.1) is 5.56 Å². The van der Waals surface area contributed by atoms with Crippen LogP contribution in [0.1, 0.15) is 22.3 Å². The first-order valence-electron chi connectivity index (χ1n) is 6.19. The molecule has 0 fully saturated rings. The van der Waals surface area contributed by atoms with Crippen molar-refractivity contribution in [1.29, 1.82) is 0 Å². The Balaban J connectivity index is 2.19. The quantitative estimate of drug-likeness (QED) is 0.905. The highest BCUT2D eigenvalue weighted by molar-refractivity contribution is 5.53. The number of pyridine rings is 1. The standard InChI is InChI=1S/C15H15F3N2/c1-10-5-6-19-8-12(10)9-20-14-7-13(15(16,17)18)4-3-11(14)2/h3-8,20H,9H2,1-2H3. The summed E-state index contributed by atoms with van der Waals surface area (Å²) in [6, 6.07) is 5.58. The number of nitrogens with one attached hydrogen (secondary N) is 1. The molecular weight excluding hydrogens is 265 g/mol. The zero-order valence-corrected chi connectivity index (χ0v) is 11.3. The van der Waals surface area contributed by atoms with Gasteiger partial charge in [-0.2, -0.15) is 13.2 Å². The third-order valence-electron chi connectivity index (χ3n) is 3.18. The van der Waals surface area contributed by atoms with Crippen molar-refractivity contribution in [1.82, 2.24) is 4.98 Å². The van der Waals surface area contributed by atoms with Crippen molar-refractivity contribution in [2.24, 2.45) is 0 Å². The van der Waals surface area contributed by atoms with Gasteiger partial charge in [0.2, 0.25) is 0 Å². The number of rotatable bonds is 3. The molecule has 0 saturated carbocycles. The Bertz CT molecular complexity index is 606. The van der Waals surface area contributed by atoms with E-state index < -0.39 is 11.7 Å². The van der Waals surface area contributed by atoms with Gasteiger partial charge >= 0.3 is 6.18 Å². The Morgan fingerprint density at radius 1 is 1.10 bits per heavy atom. The molecule has 106 valence electrons. The molecule has 0 bridgehead atoms. The van der Waals surface area contributed by atoms with Crippen molar-refractivity contribution in [3.8, 4) is 0 Å². The second kappa shape index (κ2) is 5.53. The normalized spacial score (nSPS) is 11.4. The van der Waals surface area contributed by atoms with Gasteiger partial charge in [0.15, 0.2) is 0 Å². The summed E-state index contributed by atoms with van der Waals surface area (Å²) in [6.45, 7) is 4.16. The summed E-state index contributed by atoms with van der Waals surface area (Å²) in [4.78, 5) is 4.02. The molecule has 0 amide bonds. The van der Waals surface area contributed by atoms with Crippen LogP contribution in [-0.4, -0.2) is 4.98 Å². The van der Waals surface area contributed by atoms with Crippen LogP contribution in [0.4, 0.5) is 18.9 Å². The third kappa shape index (κ3) is 3.29. The smallest absolute Gasteiger partial charge is 0.381 e. The maximum atomic E-state index is 12.7. The average Bonchev–Trinajstić information content (AvgIpc) is 2.38. The number of anilines is 1. The Labute approximate surface area is 115 Å². The predicted octanol–water partition coefficient (Wildman–Crippen LogP) is 4.33. The molecule has 1 heterocycles. The lowest BCUT2D eigenvalue weighted by Gasteiger charge is -2.14. The van der Waals surface area contributed by atoms with E-state index in [-0.39, 0.29) is 0 Å². The topological polar surface area (TPSA) is 24.9 Å². The zero-order valence-electron chi connectivity index (χ0n) is 11.3. The van der Waals surface area contributed by atoms with E-state index >= 15 is 0 Å². The molecule has 0 aliphatic carbocycles. The number of alkyl halides is 3. The molecule has 1 aromatic heterocycles. The van der Waals surface area contributed by atoms with Crippen molar-refractivity contribution < 1.29 is 13.2 Å². The van der Waals surface area contributed by atoms with Crippen LogP contribution in [0.2, 0.25) is 0 Å². The molecular formula is C15H15F3N2. The monoisotopic (exact) mass is 280 g/mol. The first-order chi connectivity index (χ1) is 9.38. The summed E-state index contributed by atoms with van der Waals surface area (Å²) in [5, 5.41) is 3.04. The van der Waals surface area contributed by atoms with E-state index in [0.717, 1.165) is 28.8 Å². The van der Waals surface area contributed by atoms with Gasteiger partial charge in [-0.25, -0.2) is 0 Å². The van der Waals surface area contributed by atoms with E-state index in [1.165, 1.54) is 6.07 Å². The number of halogens is 3. The minimum atomic E-state index is -4.33. The largest absolute Gasteiger partial charge is 0.416 e. The first kappa shape index (κ1) is 14.4. The molecule has 0 radical (unpaired) electrons. The lowest BCUT2D eigenvalue weighted by atomic mass is 10.1. The average molecular weight is 280 g/mol. The molecule has 0 atom stereocenters. The molecule has 2 rings (SSSR count). The van der Waals surface area contributed by atoms with Crippen molar-refractivity contribution in [3.63, 3.8) is 0 Å². The molecule has 2 aromatic rings. The molecule has 0 spiro atoms. The second-order valence-electron chi connectivity index (χ2n) is 4.68. The molecule has 0 saturated heterocycles. The molecule has 20 heavy (non-hydrogen) atoms. The number of benzene rings is 1. The van der Waals surface area contributed by atoms with Gasteiger partial charge in [-0.05, 0) is 48.7 Å². The summed E-state index contributed by atoms with van der Waals surface area (Å²) in [5.41, 5.74) is 2.64. The van der Waals surface area contributed by atoms with Crippen molar-refractivity contribution in [2.75, 3.05) is 5.32 Å². The maximum absolute atomic E-state index is 12.7. The van der Waals surface area contributed by atoms with Crippen LogP contribution >= 0.6 is 0 Å². The van der Waals surface area contributed by atoms with Crippen molar-refractivity contribution in [3.05, 3.63) is 58.9 Å². The Kier molecular flexibility index (Phi) is 3.97. The molecule has 0 unspecified atom stereocenters. The summed E-state index contributed by atoms with van der Waals surface area (Å²) in [5.74, 6) is 0. The van der Waals surface area contributed by atoms with Crippen LogP contribution in [0.15, 0.2) is 36.7 Å².